The van der Waals surface area contributed by atoms with Gasteiger partial charge in [0.05, 0.1) is 33.1 Å². The Morgan fingerprint density at radius 2 is 0.675 bits per heavy atom. The topological polar surface area (TPSA) is 66.6 Å². The number of para-hydroxylation sites is 6. The molecule has 7 heteroatoms. The number of hydrogen-bond donors (Lipinski definition) is 0. The van der Waals surface area contributed by atoms with Crippen molar-refractivity contribution < 1.29 is 4.42 Å². The highest BCUT2D eigenvalue weighted by molar-refractivity contribution is 6.15. The number of rotatable bonds is 7. The third kappa shape index (κ3) is 6.77. The molecular weight excluding hydrogens is 977 g/mol. The summed E-state index contributed by atoms with van der Waals surface area (Å²) in [5.41, 5.74) is 16.3. The van der Waals surface area contributed by atoms with E-state index < -0.39 is 0 Å². The van der Waals surface area contributed by atoms with Crippen LogP contribution in [0.15, 0.2) is 271 Å². The van der Waals surface area contributed by atoms with Crippen molar-refractivity contribution >= 4 is 98.1 Å². The lowest BCUT2D eigenvalue weighted by Crippen LogP contribution is -2.02. The van der Waals surface area contributed by atoms with Crippen LogP contribution in [-0.2, 0) is 0 Å². The van der Waals surface area contributed by atoms with Gasteiger partial charge in [-0.1, -0.05) is 140 Å². The van der Waals surface area contributed by atoms with Crippen LogP contribution >= 0.6 is 0 Å². The number of furan rings is 1. The number of fused-ring (bicyclic) bond motifs is 13. The zero-order chi connectivity index (χ0) is 52.4. The lowest BCUT2D eigenvalue weighted by Gasteiger charge is -2.16. The van der Waals surface area contributed by atoms with Crippen molar-refractivity contribution in [3.05, 3.63) is 267 Å². The fraction of sp³-hybridized carbons (Fsp3) is 0. The second kappa shape index (κ2) is 17.3. The lowest BCUT2D eigenvalue weighted by molar-refractivity contribution is 0.669. The zero-order valence-electron chi connectivity index (χ0n) is 43.0. The van der Waals surface area contributed by atoms with E-state index in [0.29, 0.717) is 17.5 Å². The quantitative estimate of drug-likeness (QED) is 0.160. The molecule has 0 saturated heterocycles. The van der Waals surface area contributed by atoms with Gasteiger partial charge in [-0.15, -0.1) is 0 Å². The molecule has 5 aromatic heterocycles. The highest BCUT2D eigenvalue weighted by atomic mass is 16.3. The molecule has 7 nitrogen and oxygen atoms in total. The molecule has 0 amide bonds. The first-order valence-corrected chi connectivity index (χ1v) is 27.1. The summed E-state index contributed by atoms with van der Waals surface area (Å²) in [4.78, 5) is 16.6. The molecular formula is C73H44N6O. The van der Waals surface area contributed by atoms with Gasteiger partial charge in [-0.2, -0.15) is 0 Å². The van der Waals surface area contributed by atoms with E-state index in [9.17, 15) is 0 Å². The van der Waals surface area contributed by atoms with E-state index in [-0.39, 0.29) is 0 Å². The van der Waals surface area contributed by atoms with E-state index in [1.54, 1.807) is 0 Å². The summed E-state index contributed by atoms with van der Waals surface area (Å²) >= 11 is 0. The molecule has 5 heterocycles. The van der Waals surface area contributed by atoms with Gasteiger partial charge in [-0.3, -0.25) is 0 Å². The van der Waals surface area contributed by atoms with Crippen LogP contribution in [0.1, 0.15) is 0 Å². The first-order valence-electron chi connectivity index (χ1n) is 27.1. The van der Waals surface area contributed by atoms with Crippen LogP contribution in [0.3, 0.4) is 0 Å². The van der Waals surface area contributed by atoms with Crippen LogP contribution in [-0.4, -0.2) is 28.7 Å². The van der Waals surface area contributed by atoms with Gasteiger partial charge in [0.15, 0.2) is 17.5 Å². The minimum absolute atomic E-state index is 0.565. The second-order valence-corrected chi connectivity index (χ2v) is 20.8. The maximum atomic E-state index is 6.43. The molecule has 17 aromatic rings. The van der Waals surface area contributed by atoms with Crippen molar-refractivity contribution in [2.24, 2.45) is 0 Å². The van der Waals surface area contributed by atoms with E-state index >= 15 is 0 Å². The molecule has 0 aliphatic carbocycles. The van der Waals surface area contributed by atoms with Gasteiger partial charge in [0.1, 0.15) is 11.2 Å². The largest absolute Gasteiger partial charge is 0.456 e. The summed E-state index contributed by atoms with van der Waals surface area (Å²) < 4.78 is 13.5. The third-order valence-corrected chi connectivity index (χ3v) is 16.3. The molecule has 0 bridgehead atoms. The van der Waals surface area contributed by atoms with Crippen molar-refractivity contribution in [1.29, 1.82) is 0 Å². The van der Waals surface area contributed by atoms with Crippen LogP contribution in [0.2, 0.25) is 0 Å². The Labute approximate surface area is 458 Å². The van der Waals surface area contributed by atoms with E-state index in [2.05, 4.69) is 268 Å². The van der Waals surface area contributed by atoms with Gasteiger partial charge in [-0.05, 0) is 149 Å². The molecule has 0 aliphatic rings. The molecule has 0 saturated carbocycles. The molecule has 0 unspecified atom stereocenters. The first-order chi connectivity index (χ1) is 39.6. The lowest BCUT2D eigenvalue weighted by atomic mass is 9.96. The summed E-state index contributed by atoms with van der Waals surface area (Å²) in [6.07, 6.45) is 0. The highest BCUT2D eigenvalue weighted by Crippen LogP contribution is 2.43. The van der Waals surface area contributed by atoms with E-state index in [0.717, 1.165) is 121 Å². The Morgan fingerprint density at radius 1 is 0.237 bits per heavy atom. The Kier molecular flexibility index (Phi) is 9.58. The van der Waals surface area contributed by atoms with Crippen LogP contribution in [0, 0.1) is 0 Å². The first kappa shape index (κ1) is 44.3. The standard InChI is InChI=1S/C73H44N6O/c1-3-19-50(20-4-1)77-63-27-13-9-23-53(63)59-41-48(31-36-66(59)77)71-74-72(49-32-37-67-60(42-49)54-24-10-14-28-64(54)78(67)51-21-5-2-6-22-51)76-73(75-71)57-35-34-52(44-58(57)47-33-38-70-62(40-47)56-26-12-16-30-69(56)80-70)79-65-29-15-11-25-55(65)61-39-45-17-7-8-18-46(45)43-68(61)79/h1-44H. The smallest absolute Gasteiger partial charge is 0.164 e. The average molecular weight is 1020 g/mol. The SMILES string of the molecule is c1ccc(-n2c3ccccc3c3cc(-c4nc(-c5ccc6c(c5)c5ccccc5n6-c5ccccc5)nc(-c5ccc(-n6c7ccccc7c7cc8ccccc8cc76)cc5-c5ccc6oc7ccccc7c6c5)n4)ccc32)cc1. The molecule has 0 atom stereocenters. The Balaban J connectivity index is 0.932. The number of aromatic nitrogens is 6. The van der Waals surface area contributed by atoms with Crippen LogP contribution < -0.4 is 0 Å². The van der Waals surface area contributed by atoms with Gasteiger partial charge in [0.2, 0.25) is 0 Å². The van der Waals surface area contributed by atoms with Crippen LogP contribution in [0.25, 0.3) is 160 Å². The van der Waals surface area contributed by atoms with Crippen molar-refractivity contribution in [1.82, 2.24) is 28.7 Å². The number of hydrogen-bond acceptors (Lipinski definition) is 4. The Morgan fingerprint density at radius 3 is 1.27 bits per heavy atom. The summed E-state index contributed by atoms with van der Waals surface area (Å²) in [5, 5.41) is 11.4. The number of nitrogens with zero attached hydrogens (tertiary/aromatic N) is 6. The predicted octanol–water partition coefficient (Wildman–Crippen LogP) is 18.9. The fourth-order valence-corrected chi connectivity index (χ4v) is 12.6. The van der Waals surface area contributed by atoms with E-state index in [4.69, 9.17) is 19.4 Å². The van der Waals surface area contributed by atoms with Gasteiger partial charge in [-0.25, -0.2) is 15.0 Å². The minimum atomic E-state index is 0.565. The molecule has 0 N–H and O–H groups in total. The van der Waals surface area contributed by atoms with Gasteiger partial charge in [0.25, 0.3) is 0 Å². The van der Waals surface area contributed by atoms with Crippen molar-refractivity contribution in [2.75, 3.05) is 0 Å². The molecule has 17 rings (SSSR count). The minimum Gasteiger partial charge on any atom is -0.456 e. The molecule has 0 fully saturated rings. The molecule has 0 radical (unpaired) electrons. The van der Waals surface area contributed by atoms with E-state index in [1.807, 2.05) is 12.1 Å². The summed E-state index contributed by atoms with van der Waals surface area (Å²) in [6, 6.07) is 95.2. The summed E-state index contributed by atoms with van der Waals surface area (Å²) in [7, 11) is 0. The van der Waals surface area contributed by atoms with Crippen molar-refractivity contribution in [2.45, 2.75) is 0 Å². The van der Waals surface area contributed by atoms with Gasteiger partial charge >= 0.3 is 0 Å². The van der Waals surface area contributed by atoms with Gasteiger partial charge in [0, 0.05) is 76.8 Å². The summed E-state index contributed by atoms with van der Waals surface area (Å²) in [6.45, 7) is 0. The molecule has 0 aliphatic heterocycles. The van der Waals surface area contributed by atoms with Crippen LogP contribution in [0.5, 0.6) is 0 Å². The zero-order valence-corrected chi connectivity index (χ0v) is 43.0. The third-order valence-electron chi connectivity index (χ3n) is 16.3. The molecule has 372 valence electrons. The second-order valence-electron chi connectivity index (χ2n) is 20.8. The van der Waals surface area contributed by atoms with E-state index in [1.165, 1.54) is 21.5 Å². The fourth-order valence-electron chi connectivity index (χ4n) is 12.6. The molecule has 0 spiro atoms. The molecule has 12 aromatic carbocycles. The van der Waals surface area contributed by atoms with Crippen molar-refractivity contribution in [3.63, 3.8) is 0 Å². The van der Waals surface area contributed by atoms with Crippen molar-refractivity contribution in [3.8, 4) is 62.4 Å². The molecule has 80 heavy (non-hydrogen) atoms. The highest BCUT2D eigenvalue weighted by Gasteiger charge is 2.23. The normalized spacial score (nSPS) is 12.0. The maximum Gasteiger partial charge on any atom is 0.164 e. The number of benzene rings is 12. The monoisotopic (exact) mass is 1020 g/mol. The van der Waals surface area contributed by atoms with Gasteiger partial charge < -0.3 is 18.1 Å². The Hall–Kier alpha value is -10.9. The maximum absolute atomic E-state index is 6.43. The Bertz CT molecular complexity index is 5200. The summed E-state index contributed by atoms with van der Waals surface area (Å²) in [5.74, 6) is 1.72. The average Bonchev–Trinajstić information content (AvgIpc) is 4.47. The van der Waals surface area contributed by atoms with Crippen LogP contribution in [0.4, 0.5) is 0 Å². The predicted molar refractivity (Wildman–Crippen MR) is 329 cm³/mol.